The predicted molar refractivity (Wildman–Crippen MR) is 106 cm³/mol. The minimum Gasteiger partial charge on any atom is -0.493 e. The first kappa shape index (κ1) is 20.0. The van der Waals surface area contributed by atoms with Crippen molar-refractivity contribution in [2.75, 3.05) is 25.1 Å². The number of aryl methyl sites for hydroxylation is 1. The molecule has 1 saturated carbocycles. The maximum atomic E-state index is 13.3. The second-order valence-electron chi connectivity index (χ2n) is 6.71. The molecule has 28 heavy (non-hydrogen) atoms. The Kier molecular flexibility index (Phi) is 5.79. The lowest BCUT2D eigenvalue weighted by Gasteiger charge is -2.25. The van der Waals surface area contributed by atoms with Crippen molar-refractivity contribution < 1.29 is 22.7 Å². The second-order valence-corrected chi connectivity index (χ2v) is 8.57. The van der Waals surface area contributed by atoms with E-state index in [9.17, 15) is 13.2 Å². The van der Waals surface area contributed by atoms with Crippen LogP contribution < -0.4 is 19.1 Å². The highest BCUT2D eigenvalue weighted by Gasteiger charge is 2.30. The van der Waals surface area contributed by atoms with Gasteiger partial charge in [-0.2, -0.15) is 0 Å². The summed E-state index contributed by atoms with van der Waals surface area (Å²) in [6.45, 7) is 1.56. The van der Waals surface area contributed by atoms with Gasteiger partial charge >= 0.3 is 0 Å². The number of nitrogens with one attached hydrogen (secondary N) is 1. The van der Waals surface area contributed by atoms with Crippen LogP contribution in [0.1, 0.15) is 18.4 Å². The van der Waals surface area contributed by atoms with Crippen LogP contribution in [0, 0.1) is 6.92 Å². The number of hydrogen-bond acceptors (Lipinski definition) is 5. The molecule has 3 rings (SSSR count). The maximum Gasteiger partial charge on any atom is 0.264 e. The summed E-state index contributed by atoms with van der Waals surface area (Å²) in [5.74, 6) is 0.515. The Morgan fingerprint density at radius 1 is 1.07 bits per heavy atom. The van der Waals surface area contributed by atoms with Crippen molar-refractivity contribution in [1.29, 1.82) is 0 Å². The Morgan fingerprint density at radius 3 is 2.29 bits per heavy atom. The lowest BCUT2D eigenvalue weighted by atomic mass is 10.2. The standard InChI is InChI=1S/C20H24N2O5S/c1-14-4-9-17(10-5-14)28(24,25)22(13-20(23)21-15-6-7-15)16-8-11-18(26-2)19(12-16)27-3/h4-5,8-12,15H,6-7,13H2,1-3H3,(H,21,23). The number of benzene rings is 2. The number of ether oxygens (including phenoxy) is 2. The zero-order chi connectivity index (χ0) is 20.3. The number of methoxy groups -OCH3 is 2. The Morgan fingerprint density at radius 2 is 1.71 bits per heavy atom. The van der Waals surface area contributed by atoms with E-state index in [-0.39, 0.29) is 23.4 Å². The van der Waals surface area contributed by atoms with E-state index in [4.69, 9.17) is 9.47 Å². The first-order valence-corrected chi connectivity index (χ1v) is 10.4. The molecule has 2 aromatic carbocycles. The lowest BCUT2D eigenvalue weighted by Crippen LogP contribution is -2.41. The molecule has 1 amide bonds. The van der Waals surface area contributed by atoms with Gasteiger partial charge in [0.05, 0.1) is 24.8 Å². The molecule has 1 fully saturated rings. The first-order chi connectivity index (χ1) is 13.3. The number of carbonyl (C=O) groups excluding carboxylic acids is 1. The Hall–Kier alpha value is -2.74. The van der Waals surface area contributed by atoms with E-state index < -0.39 is 10.0 Å². The molecule has 1 aliphatic rings. The fraction of sp³-hybridized carbons (Fsp3) is 0.350. The summed E-state index contributed by atoms with van der Waals surface area (Å²) in [5, 5.41) is 2.84. The van der Waals surface area contributed by atoms with Crippen molar-refractivity contribution in [3.8, 4) is 11.5 Å². The van der Waals surface area contributed by atoms with Crippen molar-refractivity contribution >= 4 is 21.6 Å². The first-order valence-electron chi connectivity index (χ1n) is 8.96. The molecule has 0 bridgehead atoms. The minimum absolute atomic E-state index is 0.118. The molecule has 7 nitrogen and oxygen atoms in total. The third kappa shape index (κ3) is 4.39. The summed E-state index contributed by atoms with van der Waals surface area (Å²) in [4.78, 5) is 12.5. The van der Waals surface area contributed by atoms with Gasteiger partial charge in [-0.1, -0.05) is 17.7 Å². The number of anilines is 1. The summed E-state index contributed by atoms with van der Waals surface area (Å²) in [5.41, 5.74) is 1.27. The van der Waals surface area contributed by atoms with Crippen LogP contribution >= 0.6 is 0 Å². The number of sulfonamides is 1. The summed E-state index contributed by atoms with van der Waals surface area (Å²) in [7, 11) is -0.976. The average molecular weight is 404 g/mol. The highest BCUT2D eigenvalue weighted by molar-refractivity contribution is 7.92. The largest absolute Gasteiger partial charge is 0.493 e. The van der Waals surface area contributed by atoms with Gasteiger partial charge in [0.25, 0.3) is 10.0 Å². The molecule has 1 aliphatic carbocycles. The number of carbonyl (C=O) groups is 1. The third-order valence-electron chi connectivity index (χ3n) is 4.49. The van der Waals surface area contributed by atoms with Gasteiger partial charge in [0.1, 0.15) is 6.54 Å². The van der Waals surface area contributed by atoms with E-state index in [1.165, 1.54) is 26.4 Å². The predicted octanol–water partition coefficient (Wildman–Crippen LogP) is 2.49. The van der Waals surface area contributed by atoms with Gasteiger partial charge < -0.3 is 14.8 Å². The summed E-state index contributed by atoms with van der Waals surface area (Å²) in [6.07, 6.45) is 1.85. The molecule has 1 N–H and O–H groups in total. The molecule has 2 aromatic rings. The fourth-order valence-electron chi connectivity index (χ4n) is 2.76. The summed E-state index contributed by atoms with van der Waals surface area (Å²) in [6, 6.07) is 11.4. The normalized spacial score (nSPS) is 13.7. The van der Waals surface area contributed by atoms with Gasteiger partial charge in [0.2, 0.25) is 5.91 Å². The number of rotatable bonds is 8. The van der Waals surface area contributed by atoms with E-state index in [0.29, 0.717) is 17.2 Å². The molecule has 0 aliphatic heterocycles. The number of amides is 1. The molecule has 0 heterocycles. The van der Waals surface area contributed by atoms with Gasteiger partial charge in [-0.05, 0) is 44.0 Å². The molecule has 0 unspecified atom stereocenters. The van der Waals surface area contributed by atoms with Crippen LogP contribution in [-0.2, 0) is 14.8 Å². The topological polar surface area (TPSA) is 84.9 Å². The van der Waals surface area contributed by atoms with E-state index in [2.05, 4.69) is 5.32 Å². The van der Waals surface area contributed by atoms with E-state index >= 15 is 0 Å². The SMILES string of the molecule is COc1ccc(N(CC(=O)NC2CC2)S(=O)(=O)c2ccc(C)cc2)cc1OC. The van der Waals surface area contributed by atoms with Crippen LogP contribution in [0.4, 0.5) is 5.69 Å². The third-order valence-corrected chi connectivity index (χ3v) is 6.28. The van der Waals surface area contributed by atoms with Crippen LogP contribution in [0.2, 0.25) is 0 Å². The molecule has 150 valence electrons. The molecular weight excluding hydrogens is 380 g/mol. The van der Waals surface area contributed by atoms with Crippen molar-refractivity contribution in [1.82, 2.24) is 5.32 Å². The maximum absolute atomic E-state index is 13.3. The molecule has 0 saturated heterocycles. The average Bonchev–Trinajstić information content (AvgIpc) is 3.49. The number of nitrogens with zero attached hydrogens (tertiary/aromatic N) is 1. The van der Waals surface area contributed by atoms with Gasteiger partial charge in [-0.15, -0.1) is 0 Å². The van der Waals surface area contributed by atoms with Crippen molar-refractivity contribution in [2.45, 2.75) is 30.7 Å². The molecule has 8 heteroatoms. The molecule has 0 radical (unpaired) electrons. The highest BCUT2D eigenvalue weighted by atomic mass is 32.2. The van der Waals surface area contributed by atoms with Crippen LogP contribution in [0.15, 0.2) is 47.4 Å². The van der Waals surface area contributed by atoms with Crippen LogP contribution in [0.5, 0.6) is 11.5 Å². The fourth-order valence-corrected chi connectivity index (χ4v) is 4.18. The zero-order valence-electron chi connectivity index (χ0n) is 16.1. The van der Waals surface area contributed by atoms with Crippen molar-refractivity contribution in [3.63, 3.8) is 0 Å². The molecular formula is C20H24N2O5S. The lowest BCUT2D eigenvalue weighted by molar-refractivity contribution is -0.119. The van der Waals surface area contributed by atoms with Crippen molar-refractivity contribution in [3.05, 3.63) is 48.0 Å². The van der Waals surface area contributed by atoms with Gasteiger partial charge in [0, 0.05) is 12.1 Å². The van der Waals surface area contributed by atoms with E-state index in [0.717, 1.165) is 22.7 Å². The van der Waals surface area contributed by atoms with Crippen LogP contribution in [0.25, 0.3) is 0 Å². The Bertz CT molecular complexity index is 953. The molecule has 0 spiro atoms. The van der Waals surface area contributed by atoms with Crippen LogP contribution in [-0.4, -0.2) is 41.1 Å². The zero-order valence-corrected chi connectivity index (χ0v) is 17.0. The van der Waals surface area contributed by atoms with E-state index in [1.807, 2.05) is 6.92 Å². The Labute approximate surface area is 165 Å². The van der Waals surface area contributed by atoms with Crippen molar-refractivity contribution in [2.24, 2.45) is 0 Å². The molecule has 0 atom stereocenters. The quantitative estimate of drug-likeness (QED) is 0.731. The van der Waals surface area contributed by atoms with Gasteiger partial charge in [-0.3, -0.25) is 9.10 Å². The van der Waals surface area contributed by atoms with Gasteiger partial charge in [0.15, 0.2) is 11.5 Å². The van der Waals surface area contributed by atoms with Gasteiger partial charge in [-0.25, -0.2) is 8.42 Å². The van der Waals surface area contributed by atoms with Crippen LogP contribution in [0.3, 0.4) is 0 Å². The monoisotopic (exact) mass is 404 g/mol. The van der Waals surface area contributed by atoms with E-state index in [1.54, 1.807) is 30.3 Å². The Balaban J connectivity index is 2.01. The minimum atomic E-state index is -3.95. The summed E-state index contributed by atoms with van der Waals surface area (Å²) >= 11 is 0. The summed E-state index contributed by atoms with van der Waals surface area (Å²) < 4.78 is 38.2. The molecule has 0 aromatic heterocycles. The smallest absolute Gasteiger partial charge is 0.264 e. The highest BCUT2D eigenvalue weighted by Crippen LogP contribution is 2.33. The second kappa shape index (κ2) is 8.10. The number of hydrogen-bond donors (Lipinski definition) is 1.